The van der Waals surface area contributed by atoms with Gasteiger partial charge in [-0.15, -0.1) is 0 Å². The Balaban J connectivity index is 2.76. The van der Waals surface area contributed by atoms with Crippen molar-refractivity contribution in [1.29, 1.82) is 0 Å². The number of hydrogen-bond acceptors (Lipinski definition) is 5. The van der Waals surface area contributed by atoms with Crippen LogP contribution in [0.4, 0.5) is 11.6 Å². The second-order valence-corrected chi connectivity index (χ2v) is 4.59. The second kappa shape index (κ2) is 8.56. The zero-order chi connectivity index (χ0) is 14.1. The molecule has 1 rings (SSSR count). The molecule has 0 aliphatic rings. The average molecular weight is 266 g/mol. The molecule has 0 saturated heterocycles. The third-order valence-corrected chi connectivity index (χ3v) is 3.26. The molecule has 0 fully saturated rings. The normalized spacial score (nSPS) is 10.6. The fourth-order valence-corrected chi connectivity index (χ4v) is 1.88. The lowest BCUT2D eigenvalue weighted by Crippen LogP contribution is -2.15. The quantitative estimate of drug-likeness (QED) is 0.719. The molecule has 2 N–H and O–H groups in total. The van der Waals surface area contributed by atoms with E-state index in [-0.39, 0.29) is 0 Å². The predicted octanol–water partition coefficient (Wildman–Crippen LogP) is 3.16. The molecule has 0 atom stereocenters. The van der Waals surface area contributed by atoms with Gasteiger partial charge in [0.05, 0.1) is 7.11 Å². The van der Waals surface area contributed by atoms with E-state index >= 15 is 0 Å². The standard InChI is InChI=1S/C14H26N4O/c1-5-8-15-13-12(19-4)14(18-10-17-13)16-9-11(6-2)7-3/h10-11H,5-9H2,1-4H3,(H2,15,16,17,18). The van der Waals surface area contributed by atoms with Crippen molar-refractivity contribution in [3.8, 4) is 5.75 Å². The van der Waals surface area contributed by atoms with Crippen molar-refractivity contribution in [2.75, 3.05) is 30.8 Å². The van der Waals surface area contributed by atoms with Crippen LogP contribution in [-0.4, -0.2) is 30.2 Å². The molecule has 0 aliphatic heterocycles. The first-order valence-corrected chi connectivity index (χ1v) is 7.13. The molecule has 0 saturated carbocycles. The van der Waals surface area contributed by atoms with E-state index in [9.17, 15) is 0 Å². The van der Waals surface area contributed by atoms with E-state index in [0.717, 1.165) is 44.0 Å². The summed E-state index contributed by atoms with van der Waals surface area (Å²) in [5.41, 5.74) is 0. The van der Waals surface area contributed by atoms with E-state index in [1.165, 1.54) is 0 Å². The lowest BCUT2D eigenvalue weighted by Gasteiger charge is -2.17. The maximum Gasteiger partial charge on any atom is 0.204 e. The molecule has 0 amide bonds. The van der Waals surface area contributed by atoms with Crippen molar-refractivity contribution in [3.05, 3.63) is 6.33 Å². The summed E-state index contributed by atoms with van der Waals surface area (Å²) in [6, 6.07) is 0. The largest absolute Gasteiger partial charge is 0.490 e. The zero-order valence-electron chi connectivity index (χ0n) is 12.5. The molecule has 0 aliphatic carbocycles. The highest BCUT2D eigenvalue weighted by molar-refractivity contribution is 5.63. The molecule has 5 nitrogen and oxygen atoms in total. The van der Waals surface area contributed by atoms with Gasteiger partial charge in [-0.05, 0) is 12.3 Å². The second-order valence-electron chi connectivity index (χ2n) is 4.59. The lowest BCUT2D eigenvalue weighted by molar-refractivity contribution is 0.413. The highest BCUT2D eigenvalue weighted by Crippen LogP contribution is 2.29. The van der Waals surface area contributed by atoms with Gasteiger partial charge in [-0.3, -0.25) is 0 Å². The third-order valence-electron chi connectivity index (χ3n) is 3.26. The van der Waals surface area contributed by atoms with E-state index in [0.29, 0.717) is 11.7 Å². The minimum atomic E-state index is 0.659. The van der Waals surface area contributed by atoms with Crippen LogP contribution in [0.5, 0.6) is 5.75 Å². The molecule has 1 aromatic rings. The van der Waals surface area contributed by atoms with Crippen LogP contribution in [-0.2, 0) is 0 Å². The Morgan fingerprint density at radius 2 is 1.74 bits per heavy atom. The SMILES string of the molecule is CCCNc1ncnc(NCC(CC)CC)c1OC. The molecule has 0 aromatic carbocycles. The topological polar surface area (TPSA) is 59.1 Å². The van der Waals surface area contributed by atoms with Gasteiger partial charge in [-0.25, -0.2) is 9.97 Å². The molecule has 108 valence electrons. The van der Waals surface area contributed by atoms with Crippen molar-refractivity contribution in [1.82, 2.24) is 9.97 Å². The molecule has 0 bridgehead atoms. The van der Waals surface area contributed by atoms with Crippen molar-refractivity contribution in [3.63, 3.8) is 0 Å². The van der Waals surface area contributed by atoms with E-state index in [2.05, 4.69) is 41.4 Å². The van der Waals surface area contributed by atoms with E-state index in [1.807, 2.05) is 0 Å². The molecule has 1 aromatic heterocycles. The number of nitrogens with zero attached hydrogens (tertiary/aromatic N) is 2. The monoisotopic (exact) mass is 266 g/mol. The summed E-state index contributed by atoms with van der Waals surface area (Å²) in [4.78, 5) is 8.50. The lowest BCUT2D eigenvalue weighted by atomic mass is 10.0. The third kappa shape index (κ3) is 4.58. The molecular weight excluding hydrogens is 240 g/mol. The molecule has 0 unspecified atom stereocenters. The zero-order valence-corrected chi connectivity index (χ0v) is 12.5. The van der Waals surface area contributed by atoms with E-state index in [1.54, 1.807) is 13.4 Å². The smallest absolute Gasteiger partial charge is 0.204 e. The minimum absolute atomic E-state index is 0.659. The number of anilines is 2. The summed E-state index contributed by atoms with van der Waals surface area (Å²) in [5, 5.41) is 6.62. The number of ether oxygens (including phenoxy) is 1. The van der Waals surface area contributed by atoms with Gasteiger partial charge in [-0.1, -0.05) is 33.6 Å². The Morgan fingerprint density at radius 3 is 2.26 bits per heavy atom. The predicted molar refractivity (Wildman–Crippen MR) is 79.9 cm³/mol. The molecule has 1 heterocycles. The first-order valence-electron chi connectivity index (χ1n) is 7.13. The van der Waals surface area contributed by atoms with Gasteiger partial charge >= 0.3 is 0 Å². The average Bonchev–Trinajstić information content (AvgIpc) is 2.46. The first kappa shape index (κ1) is 15.5. The highest BCUT2D eigenvalue weighted by atomic mass is 16.5. The summed E-state index contributed by atoms with van der Waals surface area (Å²) in [6.45, 7) is 8.32. The molecular formula is C14H26N4O. The fraction of sp³-hybridized carbons (Fsp3) is 0.714. The fourth-order valence-electron chi connectivity index (χ4n) is 1.88. The Hall–Kier alpha value is -1.52. The van der Waals surface area contributed by atoms with Gasteiger partial charge in [0.1, 0.15) is 6.33 Å². The summed E-state index contributed by atoms with van der Waals surface area (Å²) in [5.74, 6) is 2.88. The van der Waals surface area contributed by atoms with Crippen LogP contribution in [0.3, 0.4) is 0 Å². The highest BCUT2D eigenvalue weighted by Gasteiger charge is 2.12. The van der Waals surface area contributed by atoms with Gasteiger partial charge in [0.15, 0.2) is 11.6 Å². The van der Waals surface area contributed by atoms with Gasteiger partial charge < -0.3 is 15.4 Å². The van der Waals surface area contributed by atoms with Crippen LogP contribution in [0.2, 0.25) is 0 Å². The molecule has 0 radical (unpaired) electrons. The number of nitrogens with one attached hydrogen (secondary N) is 2. The number of rotatable bonds is 9. The van der Waals surface area contributed by atoms with Crippen LogP contribution in [0.1, 0.15) is 40.0 Å². The van der Waals surface area contributed by atoms with Crippen molar-refractivity contribution >= 4 is 11.6 Å². The van der Waals surface area contributed by atoms with Crippen LogP contribution < -0.4 is 15.4 Å². The Morgan fingerprint density at radius 1 is 1.11 bits per heavy atom. The van der Waals surface area contributed by atoms with Gasteiger partial charge in [0.2, 0.25) is 5.75 Å². The van der Waals surface area contributed by atoms with Crippen molar-refractivity contribution < 1.29 is 4.74 Å². The van der Waals surface area contributed by atoms with Crippen LogP contribution >= 0.6 is 0 Å². The number of hydrogen-bond donors (Lipinski definition) is 2. The van der Waals surface area contributed by atoms with Crippen LogP contribution in [0, 0.1) is 5.92 Å². The van der Waals surface area contributed by atoms with Crippen LogP contribution in [0.25, 0.3) is 0 Å². The summed E-state index contributed by atoms with van der Waals surface area (Å²) >= 11 is 0. The summed E-state index contributed by atoms with van der Waals surface area (Å²) < 4.78 is 5.42. The van der Waals surface area contributed by atoms with Gasteiger partial charge in [-0.2, -0.15) is 0 Å². The van der Waals surface area contributed by atoms with Gasteiger partial charge in [0, 0.05) is 13.1 Å². The van der Waals surface area contributed by atoms with E-state index < -0.39 is 0 Å². The number of methoxy groups -OCH3 is 1. The maximum absolute atomic E-state index is 5.42. The van der Waals surface area contributed by atoms with Crippen molar-refractivity contribution in [2.24, 2.45) is 5.92 Å². The molecule has 0 spiro atoms. The minimum Gasteiger partial charge on any atom is -0.490 e. The number of aromatic nitrogens is 2. The molecule has 19 heavy (non-hydrogen) atoms. The molecule has 5 heteroatoms. The summed E-state index contributed by atoms with van der Waals surface area (Å²) in [7, 11) is 1.65. The Kier molecular flexibility index (Phi) is 7.00. The Labute approximate surface area is 116 Å². The maximum atomic E-state index is 5.42. The summed E-state index contributed by atoms with van der Waals surface area (Å²) in [6.07, 6.45) is 4.94. The van der Waals surface area contributed by atoms with Crippen molar-refractivity contribution in [2.45, 2.75) is 40.0 Å². The van der Waals surface area contributed by atoms with E-state index in [4.69, 9.17) is 4.74 Å². The first-order chi connectivity index (χ1) is 9.26. The van der Waals surface area contributed by atoms with Crippen LogP contribution in [0.15, 0.2) is 6.33 Å². The Bertz CT molecular complexity index is 366. The van der Waals surface area contributed by atoms with Gasteiger partial charge in [0.25, 0.3) is 0 Å².